The molecule has 0 radical (unpaired) electrons. The molecule has 36 heavy (non-hydrogen) atoms. The number of fused-ring (bicyclic) bond motifs is 1. The summed E-state index contributed by atoms with van der Waals surface area (Å²) in [5.74, 6) is -0.281. The molecule has 0 aromatic heterocycles. The molecule has 188 valence electrons. The fraction of sp³-hybridized carbons (Fsp3) is 0.269. The zero-order valence-corrected chi connectivity index (χ0v) is 20.6. The number of carbonyl (C=O) groups excluding carboxylic acids is 3. The van der Waals surface area contributed by atoms with Crippen LogP contribution in [0.4, 0.5) is 16.2 Å². The minimum Gasteiger partial charge on any atom is -0.493 e. The summed E-state index contributed by atoms with van der Waals surface area (Å²) in [5.41, 5.74) is 0.877. The van der Waals surface area contributed by atoms with E-state index in [0.29, 0.717) is 25.2 Å². The quantitative estimate of drug-likeness (QED) is 0.536. The molecule has 0 saturated carbocycles. The zero-order valence-electron chi connectivity index (χ0n) is 20.6. The number of urea groups is 1. The van der Waals surface area contributed by atoms with E-state index >= 15 is 0 Å². The van der Waals surface area contributed by atoms with Gasteiger partial charge >= 0.3 is 6.03 Å². The van der Waals surface area contributed by atoms with Gasteiger partial charge in [0.2, 0.25) is 11.7 Å². The van der Waals surface area contributed by atoms with Crippen LogP contribution in [-0.2, 0) is 4.79 Å². The Bertz CT molecular complexity index is 1320. The minimum atomic E-state index is -0.497. The van der Waals surface area contributed by atoms with E-state index in [4.69, 9.17) is 14.2 Å². The van der Waals surface area contributed by atoms with Crippen LogP contribution in [-0.4, -0.2) is 62.3 Å². The van der Waals surface area contributed by atoms with E-state index in [9.17, 15) is 14.4 Å². The molecule has 0 bridgehead atoms. The fourth-order valence-corrected chi connectivity index (χ4v) is 4.31. The van der Waals surface area contributed by atoms with Crippen LogP contribution in [0.15, 0.2) is 48.5 Å². The number of anilines is 2. The summed E-state index contributed by atoms with van der Waals surface area (Å²) in [4.78, 5) is 39.0. The van der Waals surface area contributed by atoms with E-state index in [0.717, 1.165) is 10.8 Å². The summed E-state index contributed by atoms with van der Waals surface area (Å²) in [6.07, 6.45) is 0.592. The molecule has 10 nitrogen and oxygen atoms in total. The van der Waals surface area contributed by atoms with Gasteiger partial charge < -0.3 is 24.8 Å². The number of methoxy groups -OCH3 is 3. The van der Waals surface area contributed by atoms with Gasteiger partial charge in [-0.2, -0.15) is 0 Å². The lowest BCUT2D eigenvalue weighted by Crippen LogP contribution is -2.47. The van der Waals surface area contributed by atoms with E-state index in [2.05, 4.69) is 10.6 Å². The molecule has 1 aliphatic rings. The molecular weight excluding hydrogens is 464 g/mol. The second kappa shape index (κ2) is 10.4. The Kier molecular flexibility index (Phi) is 7.14. The van der Waals surface area contributed by atoms with Crippen molar-refractivity contribution in [3.63, 3.8) is 0 Å². The lowest BCUT2D eigenvalue weighted by molar-refractivity contribution is -0.114. The van der Waals surface area contributed by atoms with Crippen LogP contribution in [0.5, 0.6) is 17.2 Å². The summed E-state index contributed by atoms with van der Waals surface area (Å²) < 4.78 is 16.3. The minimum absolute atomic E-state index is 0.101. The Balaban J connectivity index is 1.69. The molecule has 2 N–H and O–H groups in total. The number of nitrogens with one attached hydrogen (secondary N) is 2. The first-order valence-electron chi connectivity index (χ1n) is 11.4. The van der Waals surface area contributed by atoms with Crippen LogP contribution >= 0.6 is 0 Å². The Labute approximate surface area is 208 Å². The molecule has 10 heteroatoms. The van der Waals surface area contributed by atoms with Gasteiger partial charge in [0.1, 0.15) is 5.69 Å². The van der Waals surface area contributed by atoms with Crippen LogP contribution in [0.3, 0.4) is 0 Å². The van der Waals surface area contributed by atoms with E-state index in [1.54, 1.807) is 0 Å². The highest BCUT2D eigenvalue weighted by Crippen LogP contribution is 2.45. The molecule has 1 aliphatic heterocycles. The normalized spacial score (nSPS) is 12.9. The first-order valence-corrected chi connectivity index (χ1v) is 11.4. The molecule has 4 amide bonds. The molecule has 0 unspecified atom stereocenters. The molecule has 1 saturated heterocycles. The van der Waals surface area contributed by atoms with Gasteiger partial charge in [-0.25, -0.2) is 14.8 Å². The van der Waals surface area contributed by atoms with Crippen molar-refractivity contribution in [1.82, 2.24) is 10.0 Å². The Morgan fingerprint density at radius 1 is 0.833 bits per heavy atom. The monoisotopic (exact) mass is 492 g/mol. The third-order valence-electron chi connectivity index (χ3n) is 5.89. The number of carbonyl (C=O) groups is 3. The molecule has 0 atom stereocenters. The number of hydrogen-bond acceptors (Lipinski definition) is 6. The van der Waals surface area contributed by atoms with Gasteiger partial charge in [0.05, 0.1) is 32.6 Å². The highest BCUT2D eigenvalue weighted by atomic mass is 16.5. The largest absolute Gasteiger partial charge is 0.493 e. The maximum atomic E-state index is 13.8. The summed E-state index contributed by atoms with van der Waals surface area (Å²) in [6.45, 7) is 1.99. The molecule has 1 heterocycles. The third kappa shape index (κ3) is 4.57. The van der Waals surface area contributed by atoms with Crippen LogP contribution in [0, 0.1) is 0 Å². The van der Waals surface area contributed by atoms with Crippen LogP contribution in [0.2, 0.25) is 0 Å². The average Bonchev–Trinajstić information content (AvgIpc) is 3.38. The Hall–Kier alpha value is -4.47. The van der Waals surface area contributed by atoms with Gasteiger partial charge in [0.15, 0.2) is 11.5 Å². The second-order valence-electron chi connectivity index (χ2n) is 8.11. The first kappa shape index (κ1) is 24.6. The number of benzene rings is 3. The van der Waals surface area contributed by atoms with Gasteiger partial charge in [-0.1, -0.05) is 36.4 Å². The predicted molar refractivity (Wildman–Crippen MR) is 136 cm³/mol. The molecule has 4 rings (SSSR count). The van der Waals surface area contributed by atoms with Crippen molar-refractivity contribution in [3.05, 3.63) is 54.1 Å². The Morgan fingerprint density at radius 2 is 1.53 bits per heavy atom. The van der Waals surface area contributed by atoms with E-state index in [1.165, 1.54) is 44.3 Å². The third-order valence-corrected chi connectivity index (χ3v) is 5.89. The van der Waals surface area contributed by atoms with E-state index < -0.39 is 17.8 Å². The number of hydrazine groups is 1. The predicted octanol–water partition coefficient (Wildman–Crippen LogP) is 4.12. The summed E-state index contributed by atoms with van der Waals surface area (Å²) in [6, 6.07) is 14.4. The summed E-state index contributed by atoms with van der Waals surface area (Å²) >= 11 is 0. The standard InChI is InChI=1S/C26H28N4O6/c1-16(31)27-22-19(15-21(34-2)23(35-3)24(22)36-4)25(32)29-13-8-14-30(29)26(33)28-20-12-7-10-17-9-5-6-11-18(17)20/h5-7,9-12,15H,8,13-14H2,1-4H3,(H,27,31)(H,28,33). The van der Waals surface area contributed by atoms with Gasteiger partial charge in [-0.3, -0.25) is 9.59 Å². The van der Waals surface area contributed by atoms with Crippen molar-refractivity contribution in [2.45, 2.75) is 13.3 Å². The molecule has 0 aliphatic carbocycles. The molecule has 3 aromatic carbocycles. The highest BCUT2D eigenvalue weighted by Gasteiger charge is 2.35. The highest BCUT2D eigenvalue weighted by molar-refractivity contribution is 6.08. The summed E-state index contributed by atoms with van der Waals surface area (Å²) in [7, 11) is 4.26. The van der Waals surface area contributed by atoms with Crippen molar-refractivity contribution in [2.24, 2.45) is 0 Å². The lowest BCUT2D eigenvalue weighted by atomic mass is 10.1. The van der Waals surface area contributed by atoms with Crippen molar-refractivity contribution in [1.29, 1.82) is 0 Å². The fourth-order valence-electron chi connectivity index (χ4n) is 4.31. The molecule has 3 aromatic rings. The van der Waals surface area contributed by atoms with Gasteiger partial charge in [-0.15, -0.1) is 0 Å². The van der Waals surface area contributed by atoms with Crippen molar-refractivity contribution in [2.75, 3.05) is 45.1 Å². The van der Waals surface area contributed by atoms with Crippen molar-refractivity contribution in [3.8, 4) is 17.2 Å². The zero-order chi connectivity index (χ0) is 25.8. The van der Waals surface area contributed by atoms with E-state index in [1.807, 2.05) is 42.5 Å². The van der Waals surface area contributed by atoms with Crippen LogP contribution in [0.25, 0.3) is 10.8 Å². The smallest absolute Gasteiger partial charge is 0.340 e. The Morgan fingerprint density at radius 3 is 2.22 bits per heavy atom. The number of rotatable bonds is 6. The average molecular weight is 493 g/mol. The maximum Gasteiger partial charge on any atom is 0.340 e. The van der Waals surface area contributed by atoms with Crippen LogP contribution in [0.1, 0.15) is 23.7 Å². The second-order valence-corrected chi connectivity index (χ2v) is 8.11. The molecule has 0 spiro atoms. The SMILES string of the molecule is COc1cc(C(=O)N2CCCN2C(=O)Nc2cccc3ccccc23)c(NC(C)=O)c(OC)c1OC. The number of hydrogen-bond donors (Lipinski definition) is 2. The van der Waals surface area contributed by atoms with Crippen molar-refractivity contribution >= 4 is 40.0 Å². The number of ether oxygens (including phenoxy) is 3. The first-order chi connectivity index (χ1) is 17.4. The lowest BCUT2D eigenvalue weighted by Gasteiger charge is -2.29. The summed E-state index contributed by atoms with van der Waals surface area (Å²) in [5, 5.41) is 10.2. The van der Waals surface area contributed by atoms with Gasteiger partial charge in [0, 0.05) is 25.4 Å². The molecule has 1 fully saturated rings. The van der Waals surface area contributed by atoms with E-state index in [-0.39, 0.29) is 28.5 Å². The molecular formula is C26H28N4O6. The number of nitrogens with zero attached hydrogens (tertiary/aromatic N) is 2. The van der Waals surface area contributed by atoms with Gasteiger partial charge in [-0.05, 0) is 23.9 Å². The van der Waals surface area contributed by atoms with Gasteiger partial charge in [0.25, 0.3) is 5.91 Å². The van der Waals surface area contributed by atoms with Crippen LogP contribution < -0.4 is 24.8 Å². The maximum absolute atomic E-state index is 13.8. The number of amides is 4. The van der Waals surface area contributed by atoms with Crippen molar-refractivity contribution < 1.29 is 28.6 Å². The topological polar surface area (TPSA) is 109 Å².